The molecule has 0 fully saturated rings. The molecule has 0 aliphatic heterocycles. The average molecular weight is 322 g/mol. The summed E-state index contributed by atoms with van der Waals surface area (Å²) in [7, 11) is -3.43. The number of sulfone groups is 1. The number of nitrogens with zero attached hydrogens (tertiary/aromatic N) is 1. The maximum atomic E-state index is 11.9. The monoisotopic (exact) mass is 321 g/mol. The van der Waals surface area contributed by atoms with Crippen LogP contribution in [-0.4, -0.2) is 20.9 Å². The molecule has 0 amide bonds. The van der Waals surface area contributed by atoms with Gasteiger partial charge in [0, 0.05) is 12.5 Å². The van der Waals surface area contributed by atoms with Crippen LogP contribution in [0.25, 0.3) is 0 Å². The van der Waals surface area contributed by atoms with E-state index in [4.69, 9.17) is 11.6 Å². The highest BCUT2D eigenvalue weighted by atomic mass is 35.5. The fourth-order valence-corrected chi connectivity index (χ4v) is 3.60. The predicted octanol–water partition coefficient (Wildman–Crippen LogP) is 4.06. The lowest BCUT2D eigenvalue weighted by molar-refractivity contribution is 0.602. The molecule has 3 nitrogen and oxygen atoms in total. The second-order valence-corrected chi connectivity index (χ2v) is 7.03. The lowest BCUT2D eigenvalue weighted by atomic mass is 10.1. The van der Waals surface area contributed by atoms with Gasteiger partial charge in [0.1, 0.15) is 4.90 Å². The third kappa shape index (κ3) is 3.71. The minimum absolute atomic E-state index is 0.0666. The maximum Gasteiger partial charge on any atom is 0.179 e. The van der Waals surface area contributed by atoms with Gasteiger partial charge < -0.3 is 0 Å². The molecule has 2 aromatic rings. The Morgan fingerprint density at radius 3 is 2.52 bits per heavy atom. The Hall–Kier alpha value is -1.65. The van der Waals surface area contributed by atoms with Gasteiger partial charge >= 0.3 is 0 Å². The van der Waals surface area contributed by atoms with Crippen molar-refractivity contribution in [2.24, 2.45) is 4.99 Å². The fourth-order valence-electron chi connectivity index (χ4n) is 2.09. The third-order valence-corrected chi connectivity index (χ3v) is 4.69. The molecule has 0 atom stereocenters. The SMILES string of the molecule is CCc1ccccc1/C=N/c1cccc(Cl)c1S(C)(=O)=O. The zero-order valence-electron chi connectivity index (χ0n) is 11.9. The van der Waals surface area contributed by atoms with Gasteiger partial charge in [0.25, 0.3) is 0 Å². The first-order chi connectivity index (χ1) is 9.93. The van der Waals surface area contributed by atoms with Gasteiger partial charge in [0.2, 0.25) is 0 Å². The van der Waals surface area contributed by atoms with Gasteiger partial charge in [-0.05, 0) is 29.7 Å². The van der Waals surface area contributed by atoms with Crippen molar-refractivity contribution < 1.29 is 8.42 Å². The number of hydrogen-bond acceptors (Lipinski definition) is 3. The second-order valence-electron chi connectivity index (χ2n) is 4.67. The largest absolute Gasteiger partial charge is 0.255 e. The molecule has 21 heavy (non-hydrogen) atoms. The smallest absolute Gasteiger partial charge is 0.179 e. The molecule has 0 spiro atoms. The molecule has 110 valence electrons. The first kappa shape index (κ1) is 15.7. The molecular weight excluding hydrogens is 306 g/mol. The highest BCUT2D eigenvalue weighted by molar-refractivity contribution is 7.91. The van der Waals surface area contributed by atoms with E-state index in [1.807, 2.05) is 24.3 Å². The van der Waals surface area contributed by atoms with Gasteiger partial charge in [-0.1, -0.05) is 48.9 Å². The molecule has 0 unspecified atom stereocenters. The number of benzene rings is 2. The second kappa shape index (κ2) is 6.41. The summed E-state index contributed by atoms with van der Waals surface area (Å²) in [5, 5.41) is 0.191. The summed E-state index contributed by atoms with van der Waals surface area (Å²) in [6, 6.07) is 12.8. The summed E-state index contributed by atoms with van der Waals surface area (Å²) < 4.78 is 23.7. The van der Waals surface area contributed by atoms with Crippen LogP contribution in [0.1, 0.15) is 18.1 Å². The van der Waals surface area contributed by atoms with Gasteiger partial charge in [-0.25, -0.2) is 8.42 Å². The molecule has 0 saturated carbocycles. The Morgan fingerprint density at radius 1 is 1.14 bits per heavy atom. The minimum Gasteiger partial charge on any atom is -0.255 e. The van der Waals surface area contributed by atoms with Crippen molar-refractivity contribution in [1.29, 1.82) is 0 Å². The number of rotatable bonds is 4. The van der Waals surface area contributed by atoms with E-state index < -0.39 is 9.84 Å². The van der Waals surface area contributed by atoms with Crippen molar-refractivity contribution in [1.82, 2.24) is 0 Å². The van der Waals surface area contributed by atoms with E-state index in [0.29, 0.717) is 5.69 Å². The van der Waals surface area contributed by atoms with Crippen LogP contribution >= 0.6 is 11.6 Å². The van der Waals surface area contributed by atoms with Crippen molar-refractivity contribution in [3.8, 4) is 0 Å². The van der Waals surface area contributed by atoms with Crippen LogP contribution < -0.4 is 0 Å². The Kier molecular flexibility index (Phi) is 4.80. The van der Waals surface area contributed by atoms with Gasteiger partial charge in [0.05, 0.1) is 10.7 Å². The summed E-state index contributed by atoms with van der Waals surface area (Å²) in [6.07, 6.45) is 3.70. The molecule has 0 aromatic heterocycles. The Balaban J connectivity index is 2.50. The van der Waals surface area contributed by atoms with E-state index in [0.717, 1.165) is 23.8 Å². The van der Waals surface area contributed by atoms with Crippen LogP contribution in [0.2, 0.25) is 5.02 Å². The highest BCUT2D eigenvalue weighted by Gasteiger charge is 2.16. The number of aryl methyl sites for hydroxylation is 1. The van der Waals surface area contributed by atoms with E-state index in [-0.39, 0.29) is 9.92 Å². The Bertz CT molecular complexity index is 783. The van der Waals surface area contributed by atoms with E-state index in [2.05, 4.69) is 11.9 Å². The Labute approximate surface area is 130 Å². The number of halogens is 1. The molecule has 0 radical (unpaired) electrons. The summed E-state index contributed by atoms with van der Waals surface area (Å²) in [6.45, 7) is 2.06. The minimum atomic E-state index is -3.43. The van der Waals surface area contributed by atoms with E-state index in [1.165, 1.54) is 0 Å². The summed E-state index contributed by atoms with van der Waals surface area (Å²) in [5.41, 5.74) is 2.49. The Morgan fingerprint density at radius 2 is 1.86 bits per heavy atom. The molecule has 0 N–H and O–H groups in total. The fraction of sp³-hybridized carbons (Fsp3) is 0.188. The molecule has 0 heterocycles. The van der Waals surface area contributed by atoms with Gasteiger partial charge in [0.15, 0.2) is 9.84 Å². The van der Waals surface area contributed by atoms with Gasteiger partial charge in [-0.15, -0.1) is 0 Å². The highest BCUT2D eigenvalue weighted by Crippen LogP contribution is 2.31. The summed E-state index contributed by atoms with van der Waals surface area (Å²) in [4.78, 5) is 4.39. The van der Waals surface area contributed by atoms with E-state index in [1.54, 1.807) is 24.4 Å². The summed E-state index contributed by atoms with van der Waals surface area (Å²) >= 11 is 6.00. The molecular formula is C16H16ClNO2S. The molecule has 0 aliphatic carbocycles. The van der Waals surface area contributed by atoms with Crippen LogP contribution in [-0.2, 0) is 16.3 Å². The number of aliphatic imine (C=N–C) groups is 1. The lowest BCUT2D eigenvalue weighted by Gasteiger charge is -2.06. The van der Waals surface area contributed by atoms with Crippen LogP contribution in [0.5, 0.6) is 0 Å². The van der Waals surface area contributed by atoms with Gasteiger partial charge in [-0.3, -0.25) is 4.99 Å². The zero-order chi connectivity index (χ0) is 15.5. The molecule has 0 saturated heterocycles. The normalized spacial score (nSPS) is 12.0. The van der Waals surface area contributed by atoms with Crippen LogP contribution in [0, 0.1) is 0 Å². The average Bonchev–Trinajstić information content (AvgIpc) is 2.44. The topological polar surface area (TPSA) is 46.5 Å². The van der Waals surface area contributed by atoms with Crippen molar-refractivity contribution in [2.45, 2.75) is 18.2 Å². The van der Waals surface area contributed by atoms with Crippen molar-refractivity contribution in [3.05, 3.63) is 58.6 Å². The van der Waals surface area contributed by atoms with Crippen LogP contribution in [0.3, 0.4) is 0 Å². The molecule has 0 bridgehead atoms. The first-order valence-electron chi connectivity index (χ1n) is 6.54. The van der Waals surface area contributed by atoms with Crippen LogP contribution in [0.4, 0.5) is 5.69 Å². The maximum absolute atomic E-state index is 11.9. The zero-order valence-corrected chi connectivity index (χ0v) is 13.4. The molecule has 2 rings (SSSR count). The molecule has 0 aliphatic rings. The quantitative estimate of drug-likeness (QED) is 0.797. The standard InChI is InChI=1S/C16H16ClNO2S/c1-3-12-7-4-5-8-13(12)11-18-15-10-6-9-14(17)16(15)21(2,19)20/h4-11H,3H2,1-2H3/b18-11+. The van der Waals surface area contributed by atoms with Crippen molar-refractivity contribution >= 4 is 33.3 Å². The molecule has 5 heteroatoms. The molecule has 2 aromatic carbocycles. The first-order valence-corrected chi connectivity index (χ1v) is 8.81. The van der Waals surface area contributed by atoms with E-state index >= 15 is 0 Å². The van der Waals surface area contributed by atoms with Crippen molar-refractivity contribution in [3.63, 3.8) is 0 Å². The predicted molar refractivity (Wildman–Crippen MR) is 87.6 cm³/mol. The van der Waals surface area contributed by atoms with Gasteiger partial charge in [-0.2, -0.15) is 0 Å². The van der Waals surface area contributed by atoms with Crippen molar-refractivity contribution in [2.75, 3.05) is 6.26 Å². The lowest BCUT2D eigenvalue weighted by Crippen LogP contribution is -1.99. The third-order valence-electron chi connectivity index (χ3n) is 3.10. The van der Waals surface area contributed by atoms with E-state index in [9.17, 15) is 8.42 Å². The number of hydrogen-bond donors (Lipinski definition) is 0. The summed E-state index contributed by atoms with van der Waals surface area (Å²) in [5.74, 6) is 0. The van der Waals surface area contributed by atoms with Crippen LogP contribution in [0.15, 0.2) is 52.4 Å².